The van der Waals surface area contributed by atoms with E-state index in [2.05, 4.69) is 20.4 Å². The molecule has 0 spiro atoms. The highest BCUT2D eigenvalue weighted by Gasteiger charge is 2.45. The summed E-state index contributed by atoms with van der Waals surface area (Å²) in [5.74, 6) is 0.0561. The van der Waals surface area contributed by atoms with Crippen molar-refractivity contribution in [2.45, 2.75) is 52.2 Å². The van der Waals surface area contributed by atoms with E-state index in [-0.39, 0.29) is 23.8 Å². The number of carbonyl (C=O) groups is 1. The predicted molar refractivity (Wildman–Crippen MR) is 118 cm³/mol. The Morgan fingerprint density at radius 1 is 1.41 bits per heavy atom. The maximum Gasteiger partial charge on any atom is 0.303 e. The molecule has 3 heterocycles. The highest BCUT2D eigenvalue weighted by Crippen LogP contribution is 2.38. The van der Waals surface area contributed by atoms with E-state index in [4.69, 9.17) is 21.1 Å². The summed E-state index contributed by atoms with van der Waals surface area (Å²) in [5, 5.41) is 18.5. The van der Waals surface area contributed by atoms with Gasteiger partial charge in [-0.05, 0) is 24.1 Å². The second kappa shape index (κ2) is 9.10. The van der Waals surface area contributed by atoms with Gasteiger partial charge in [-0.15, -0.1) is 0 Å². The van der Waals surface area contributed by atoms with Crippen LogP contribution >= 0.6 is 11.6 Å². The zero-order valence-electron chi connectivity index (χ0n) is 17.9. The second-order valence-electron chi connectivity index (χ2n) is 7.72. The van der Waals surface area contributed by atoms with Crippen molar-refractivity contribution in [1.29, 1.82) is 5.26 Å². The van der Waals surface area contributed by atoms with Gasteiger partial charge in [0.2, 0.25) is 5.82 Å². The molecule has 0 amide bonds. The molecule has 10 heteroatoms. The van der Waals surface area contributed by atoms with Crippen molar-refractivity contribution in [2.24, 2.45) is 5.92 Å². The molecule has 0 aliphatic carbocycles. The number of anilines is 1. The zero-order valence-corrected chi connectivity index (χ0v) is 18.7. The Bertz CT molecular complexity index is 1190. The Labute approximate surface area is 190 Å². The van der Waals surface area contributed by atoms with Crippen LogP contribution in [0.3, 0.4) is 0 Å². The summed E-state index contributed by atoms with van der Waals surface area (Å²) < 4.78 is 13.3. The first-order valence-corrected chi connectivity index (χ1v) is 10.8. The van der Waals surface area contributed by atoms with E-state index in [0.717, 1.165) is 12.0 Å². The summed E-state index contributed by atoms with van der Waals surface area (Å²) in [4.78, 5) is 20.4. The lowest BCUT2D eigenvalue weighted by Gasteiger charge is -2.21. The molecule has 1 N–H and O–H groups in total. The van der Waals surface area contributed by atoms with Gasteiger partial charge in [0, 0.05) is 24.4 Å². The van der Waals surface area contributed by atoms with Crippen molar-refractivity contribution < 1.29 is 14.3 Å². The number of benzene rings is 1. The van der Waals surface area contributed by atoms with Gasteiger partial charge in [0.25, 0.3) is 0 Å². The number of fused-ring (bicyclic) bond motifs is 1. The van der Waals surface area contributed by atoms with Crippen LogP contribution in [0.4, 0.5) is 5.82 Å². The van der Waals surface area contributed by atoms with E-state index in [9.17, 15) is 10.1 Å². The van der Waals surface area contributed by atoms with Crippen LogP contribution < -0.4 is 5.32 Å². The largest absolute Gasteiger partial charge is 0.457 e. The molecular weight excluding hydrogens is 432 g/mol. The van der Waals surface area contributed by atoms with Gasteiger partial charge >= 0.3 is 5.97 Å². The maximum atomic E-state index is 11.7. The van der Waals surface area contributed by atoms with Crippen molar-refractivity contribution in [2.75, 3.05) is 5.32 Å². The molecule has 0 bridgehead atoms. The number of halogens is 1. The molecule has 32 heavy (non-hydrogen) atoms. The van der Waals surface area contributed by atoms with Crippen LogP contribution in [0, 0.1) is 17.2 Å². The maximum absolute atomic E-state index is 11.7. The first-order valence-electron chi connectivity index (χ1n) is 10.4. The molecule has 1 fully saturated rings. The first-order chi connectivity index (χ1) is 15.4. The van der Waals surface area contributed by atoms with Crippen LogP contribution in [-0.2, 0) is 20.8 Å². The van der Waals surface area contributed by atoms with Gasteiger partial charge < -0.3 is 14.8 Å². The minimum Gasteiger partial charge on any atom is -0.457 e. The SMILES string of the molecule is CC[C@H]1O[C@@H](n2ncc3c(NCc4cccc(Cl)c4)nc(C#N)nc32)C(OC(C)=O)[C@@H]1C. The fourth-order valence-corrected chi connectivity index (χ4v) is 4.22. The van der Waals surface area contributed by atoms with E-state index >= 15 is 0 Å². The Kier molecular flexibility index (Phi) is 6.26. The summed E-state index contributed by atoms with van der Waals surface area (Å²) in [6.07, 6.45) is 1.11. The molecular formula is C22H23ClN6O3. The predicted octanol–water partition coefficient (Wildman–Crippen LogP) is 3.84. The summed E-state index contributed by atoms with van der Waals surface area (Å²) >= 11 is 6.07. The number of ether oxygens (including phenoxy) is 2. The second-order valence-corrected chi connectivity index (χ2v) is 8.16. The number of rotatable bonds is 6. The van der Waals surface area contributed by atoms with E-state index in [1.807, 2.05) is 38.1 Å². The van der Waals surface area contributed by atoms with Gasteiger partial charge in [-0.3, -0.25) is 4.79 Å². The fourth-order valence-electron chi connectivity index (χ4n) is 4.00. The number of carbonyl (C=O) groups excluding carboxylic acids is 1. The van der Waals surface area contributed by atoms with E-state index in [0.29, 0.717) is 28.4 Å². The van der Waals surface area contributed by atoms with Crippen LogP contribution in [0.5, 0.6) is 0 Å². The lowest BCUT2D eigenvalue weighted by atomic mass is 9.98. The van der Waals surface area contributed by atoms with Crippen LogP contribution in [0.25, 0.3) is 11.0 Å². The van der Waals surface area contributed by atoms with Crippen molar-refractivity contribution in [1.82, 2.24) is 19.7 Å². The minimum absolute atomic E-state index is 0.00466. The molecule has 4 rings (SSSR count). The third-order valence-corrected chi connectivity index (χ3v) is 5.78. The summed E-state index contributed by atoms with van der Waals surface area (Å²) in [7, 11) is 0. The molecule has 166 valence electrons. The average Bonchev–Trinajstić information content (AvgIpc) is 3.32. The third-order valence-electron chi connectivity index (χ3n) is 5.55. The summed E-state index contributed by atoms with van der Waals surface area (Å²) in [5.41, 5.74) is 1.39. The molecule has 1 saturated heterocycles. The van der Waals surface area contributed by atoms with E-state index in [1.54, 1.807) is 16.9 Å². The monoisotopic (exact) mass is 454 g/mol. The van der Waals surface area contributed by atoms with Gasteiger partial charge in [0.15, 0.2) is 18.0 Å². The number of hydrogen-bond acceptors (Lipinski definition) is 8. The van der Waals surface area contributed by atoms with E-state index < -0.39 is 12.3 Å². The lowest BCUT2D eigenvalue weighted by molar-refractivity contribution is -0.154. The minimum atomic E-state index is -0.654. The molecule has 4 atom stereocenters. The number of esters is 1. The van der Waals surface area contributed by atoms with Crippen LogP contribution in [0.2, 0.25) is 5.02 Å². The van der Waals surface area contributed by atoms with Gasteiger partial charge in [0.05, 0.1) is 17.7 Å². The normalized spacial score (nSPS) is 22.6. The standard InChI is InChI=1S/C22H23ClN6O3/c1-4-17-12(2)19(31-13(3)30)22(32-17)29-21-16(11-26-29)20(27-18(9-24)28-21)25-10-14-6-5-7-15(23)8-14/h5-8,11-12,17,19,22H,4,10H2,1-3H3,(H,25,27,28)/t12-,17-,19?,22-/m1/s1. The zero-order chi connectivity index (χ0) is 22.8. The van der Waals surface area contributed by atoms with Crippen molar-refractivity contribution in [3.05, 3.63) is 46.9 Å². The highest BCUT2D eigenvalue weighted by molar-refractivity contribution is 6.30. The van der Waals surface area contributed by atoms with Crippen molar-refractivity contribution >= 4 is 34.4 Å². The first kappa shape index (κ1) is 22.0. The molecule has 9 nitrogen and oxygen atoms in total. The van der Waals surface area contributed by atoms with Crippen molar-refractivity contribution in [3.63, 3.8) is 0 Å². The quantitative estimate of drug-likeness (QED) is 0.558. The van der Waals surface area contributed by atoms with Crippen LogP contribution in [0.15, 0.2) is 30.5 Å². The van der Waals surface area contributed by atoms with Crippen molar-refractivity contribution in [3.8, 4) is 6.07 Å². The number of nitriles is 1. The molecule has 0 saturated carbocycles. The van der Waals surface area contributed by atoms with Gasteiger partial charge in [-0.25, -0.2) is 9.67 Å². The molecule has 1 unspecified atom stereocenters. The Hall–Kier alpha value is -3.22. The highest BCUT2D eigenvalue weighted by atomic mass is 35.5. The number of nitrogens with zero attached hydrogens (tertiary/aromatic N) is 5. The summed E-state index contributed by atoms with van der Waals surface area (Å²) in [6, 6.07) is 9.46. The molecule has 1 aromatic carbocycles. The number of hydrogen-bond donors (Lipinski definition) is 1. The summed E-state index contributed by atoms with van der Waals surface area (Å²) in [6.45, 7) is 5.83. The Morgan fingerprint density at radius 3 is 2.91 bits per heavy atom. The van der Waals surface area contributed by atoms with Gasteiger partial charge in [0.1, 0.15) is 11.9 Å². The Balaban J connectivity index is 1.71. The van der Waals surface area contributed by atoms with Crippen LogP contribution in [0.1, 0.15) is 44.8 Å². The van der Waals surface area contributed by atoms with Gasteiger partial charge in [-0.2, -0.15) is 15.3 Å². The van der Waals surface area contributed by atoms with Crippen LogP contribution in [-0.4, -0.2) is 37.9 Å². The number of nitrogens with one attached hydrogen (secondary N) is 1. The average molecular weight is 455 g/mol. The van der Waals surface area contributed by atoms with Gasteiger partial charge in [-0.1, -0.05) is 37.6 Å². The molecule has 3 aromatic rings. The van der Waals surface area contributed by atoms with E-state index in [1.165, 1.54) is 6.92 Å². The molecule has 1 aliphatic rings. The topological polar surface area (TPSA) is 115 Å². The fraction of sp³-hybridized carbons (Fsp3) is 0.409. The smallest absolute Gasteiger partial charge is 0.303 e. The molecule has 0 radical (unpaired) electrons. The molecule has 2 aromatic heterocycles. The lowest BCUT2D eigenvalue weighted by Crippen LogP contribution is -2.30. The Morgan fingerprint density at radius 2 is 2.22 bits per heavy atom. The third kappa shape index (κ3) is 4.24. The number of aromatic nitrogens is 4. The molecule has 1 aliphatic heterocycles.